The van der Waals surface area contributed by atoms with Crippen molar-refractivity contribution in [1.29, 1.82) is 0 Å². The highest BCUT2D eigenvalue weighted by Crippen LogP contribution is 2.54. The maximum atomic E-state index is 13.4. The minimum Gasteiger partial charge on any atom is -0.495 e. The molecule has 2 aliphatic rings. The summed E-state index contributed by atoms with van der Waals surface area (Å²) in [6.07, 6.45) is 2.62. The lowest BCUT2D eigenvalue weighted by molar-refractivity contribution is -0.132. The van der Waals surface area contributed by atoms with Gasteiger partial charge in [-0.3, -0.25) is 10.0 Å². The lowest BCUT2D eigenvalue weighted by Crippen LogP contribution is -2.51. The van der Waals surface area contributed by atoms with E-state index in [0.29, 0.717) is 12.2 Å². The Hall–Kier alpha value is -1.35. The molecule has 1 aliphatic carbocycles. The van der Waals surface area contributed by atoms with Crippen molar-refractivity contribution in [2.75, 3.05) is 20.2 Å². The van der Waals surface area contributed by atoms with Crippen molar-refractivity contribution in [3.05, 3.63) is 23.2 Å². The highest BCUT2D eigenvalue weighted by Gasteiger charge is 2.60. The predicted molar refractivity (Wildman–Crippen MR) is 96.2 cm³/mol. The number of hydroxylamine groups is 1. The molecule has 0 radical (unpaired) electrons. The minimum absolute atomic E-state index is 0.0436. The van der Waals surface area contributed by atoms with E-state index in [1.54, 1.807) is 5.48 Å². The maximum absolute atomic E-state index is 13.4. The van der Waals surface area contributed by atoms with Crippen LogP contribution in [0.5, 0.6) is 5.75 Å². The number of sulfone groups is 1. The first-order valence-electron chi connectivity index (χ1n) is 8.54. The Morgan fingerprint density at radius 1 is 1.27 bits per heavy atom. The van der Waals surface area contributed by atoms with E-state index in [9.17, 15) is 18.4 Å². The summed E-state index contributed by atoms with van der Waals surface area (Å²) in [6.45, 7) is 1.59. The van der Waals surface area contributed by atoms with E-state index in [4.69, 9.17) is 16.3 Å². The van der Waals surface area contributed by atoms with Crippen LogP contribution in [-0.4, -0.2) is 44.5 Å². The minimum atomic E-state index is -4.07. The number of methoxy groups -OCH3 is 1. The predicted octanol–water partition coefficient (Wildman–Crippen LogP) is 1.92. The van der Waals surface area contributed by atoms with Crippen molar-refractivity contribution in [3.63, 3.8) is 0 Å². The van der Waals surface area contributed by atoms with Gasteiger partial charge in [0.15, 0.2) is 14.6 Å². The van der Waals surface area contributed by atoms with Crippen molar-refractivity contribution in [2.24, 2.45) is 5.41 Å². The molecule has 1 saturated carbocycles. The lowest BCUT2D eigenvalue weighted by Gasteiger charge is -2.36. The molecule has 0 aromatic heterocycles. The standard InChI is InChI=1S/C17H23ClN2O5S/c1-25-14-3-2-12(10-13(14)18)26(23,24)17(15(21)20-22)5-4-16(11-17)6-8-19-9-7-16/h2-3,10,19,22H,4-9,11H2,1H3,(H,20,21)/t17-/m0/s1. The Bertz CT molecular complexity index is 807. The number of amides is 1. The van der Waals surface area contributed by atoms with Gasteiger partial charge in [-0.15, -0.1) is 0 Å². The van der Waals surface area contributed by atoms with Crippen molar-refractivity contribution in [2.45, 2.75) is 41.7 Å². The monoisotopic (exact) mass is 402 g/mol. The number of halogens is 1. The van der Waals surface area contributed by atoms with Crippen LogP contribution in [0.2, 0.25) is 5.02 Å². The molecule has 144 valence electrons. The Balaban J connectivity index is 2.05. The topological polar surface area (TPSA) is 105 Å². The number of carbonyl (C=O) groups excluding carboxylic acids is 1. The van der Waals surface area contributed by atoms with Crippen molar-refractivity contribution < 1.29 is 23.2 Å². The number of hydrogen-bond acceptors (Lipinski definition) is 6. The summed E-state index contributed by atoms with van der Waals surface area (Å²) in [5, 5.41) is 12.7. The summed E-state index contributed by atoms with van der Waals surface area (Å²) in [6, 6.07) is 4.16. The van der Waals surface area contributed by atoms with Gasteiger partial charge in [-0.05, 0) is 68.8 Å². The molecule has 1 amide bonds. The van der Waals surface area contributed by atoms with Crippen LogP contribution < -0.4 is 15.5 Å². The summed E-state index contributed by atoms with van der Waals surface area (Å²) in [7, 11) is -2.63. The average molecular weight is 403 g/mol. The highest BCUT2D eigenvalue weighted by molar-refractivity contribution is 7.93. The fourth-order valence-corrected chi connectivity index (χ4v) is 6.77. The van der Waals surface area contributed by atoms with Gasteiger partial charge >= 0.3 is 0 Å². The molecule has 1 aromatic carbocycles. The molecule has 1 atom stereocenters. The van der Waals surface area contributed by atoms with E-state index in [1.807, 2.05) is 0 Å². The summed E-state index contributed by atoms with van der Waals surface area (Å²) in [5.41, 5.74) is 1.38. The molecule has 1 aliphatic heterocycles. The van der Waals surface area contributed by atoms with Gasteiger partial charge in [0.05, 0.1) is 17.0 Å². The van der Waals surface area contributed by atoms with Crippen LogP contribution in [0.4, 0.5) is 0 Å². The first-order chi connectivity index (χ1) is 12.3. The maximum Gasteiger partial charge on any atom is 0.265 e. The largest absolute Gasteiger partial charge is 0.495 e. The zero-order valence-electron chi connectivity index (χ0n) is 14.5. The molecule has 2 fully saturated rings. The van der Waals surface area contributed by atoms with E-state index in [1.165, 1.54) is 25.3 Å². The normalized spacial score (nSPS) is 25.2. The van der Waals surface area contributed by atoms with Crippen LogP contribution in [0, 0.1) is 5.41 Å². The van der Waals surface area contributed by atoms with E-state index >= 15 is 0 Å². The number of carbonyl (C=O) groups is 1. The molecule has 1 spiro atoms. The van der Waals surface area contributed by atoms with Gasteiger partial charge in [0, 0.05) is 0 Å². The molecular weight excluding hydrogens is 380 g/mol. The van der Waals surface area contributed by atoms with Crippen LogP contribution in [0.3, 0.4) is 0 Å². The van der Waals surface area contributed by atoms with Crippen LogP contribution in [0.25, 0.3) is 0 Å². The van der Waals surface area contributed by atoms with Crippen molar-refractivity contribution in [1.82, 2.24) is 10.8 Å². The molecular formula is C17H23ClN2O5S. The van der Waals surface area contributed by atoms with Gasteiger partial charge in [-0.25, -0.2) is 13.9 Å². The van der Waals surface area contributed by atoms with E-state index < -0.39 is 20.5 Å². The number of nitrogens with one attached hydrogen (secondary N) is 2. The van der Waals surface area contributed by atoms with Crippen LogP contribution in [0.1, 0.15) is 32.1 Å². The highest BCUT2D eigenvalue weighted by atomic mass is 35.5. The second-order valence-corrected chi connectivity index (χ2v) is 9.83. The number of ether oxygens (including phenoxy) is 1. The summed E-state index contributed by atoms with van der Waals surface area (Å²) >= 11 is 6.10. The number of piperidine rings is 1. The lowest BCUT2D eigenvalue weighted by atomic mass is 9.77. The van der Waals surface area contributed by atoms with Crippen molar-refractivity contribution in [3.8, 4) is 5.75 Å². The molecule has 7 nitrogen and oxygen atoms in total. The molecule has 26 heavy (non-hydrogen) atoms. The molecule has 3 rings (SSSR count). The summed E-state index contributed by atoms with van der Waals surface area (Å²) in [5.74, 6) is -0.521. The van der Waals surface area contributed by atoms with Crippen molar-refractivity contribution >= 4 is 27.3 Å². The van der Waals surface area contributed by atoms with E-state index in [-0.39, 0.29) is 28.2 Å². The molecule has 0 bridgehead atoms. The smallest absolute Gasteiger partial charge is 0.265 e. The van der Waals surface area contributed by atoms with Crippen LogP contribution >= 0.6 is 11.6 Å². The number of hydrogen-bond donors (Lipinski definition) is 3. The molecule has 1 saturated heterocycles. The second-order valence-electron chi connectivity index (χ2n) is 7.16. The summed E-state index contributed by atoms with van der Waals surface area (Å²) < 4.78 is 30.3. The Morgan fingerprint density at radius 2 is 1.96 bits per heavy atom. The third-order valence-electron chi connectivity index (χ3n) is 5.85. The third kappa shape index (κ3) is 2.98. The second kappa shape index (κ2) is 6.99. The zero-order valence-corrected chi connectivity index (χ0v) is 16.1. The first-order valence-corrected chi connectivity index (χ1v) is 10.4. The summed E-state index contributed by atoms with van der Waals surface area (Å²) in [4.78, 5) is 12.5. The van der Waals surface area contributed by atoms with Gasteiger partial charge in [0.1, 0.15) is 5.75 Å². The molecule has 9 heteroatoms. The SMILES string of the molecule is COc1ccc(S(=O)(=O)[C@@]2(C(=O)NO)CCC3(CCNCC3)C2)cc1Cl. The fourth-order valence-electron chi connectivity index (χ4n) is 4.32. The fraction of sp³-hybridized carbons (Fsp3) is 0.588. The van der Waals surface area contributed by atoms with Gasteiger partial charge in [-0.2, -0.15) is 0 Å². The Morgan fingerprint density at radius 3 is 2.54 bits per heavy atom. The van der Waals surface area contributed by atoms with Gasteiger partial charge in [0.25, 0.3) is 5.91 Å². The van der Waals surface area contributed by atoms with E-state index in [2.05, 4.69) is 5.32 Å². The van der Waals surface area contributed by atoms with Gasteiger partial charge in [-0.1, -0.05) is 11.6 Å². The van der Waals surface area contributed by atoms with Crippen LogP contribution in [-0.2, 0) is 14.6 Å². The quantitative estimate of drug-likeness (QED) is 0.525. The first kappa shape index (κ1) is 19.4. The number of benzene rings is 1. The zero-order chi connectivity index (χ0) is 19.0. The average Bonchev–Trinajstić information content (AvgIpc) is 3.02. The third-order valence-corrected chi connectivity index (χ3v) is 8.58. The molecule has 1 heterocycles. The number of rotatable bonds is 4. The van der Waals surface area contributed by atoms with Gasteiger partial charge < -0.3 is 10.1 Å². The molecule has 1 aromatic rings. The molecule has 0 unspecified atom stereocenters. The van der Waals surface area contributed by atoms with Crippen LogP contribution in [0.15, 0.2) is 23.1 Å². The Labute approximate surface area is 157 Å². The van der Waals surface area contributed by atoms with E-state index in [0.717, 1.165) is 25.9 Å². The molecule has 3 N–H and O–H groups in total. The Kier molecular flexibility index (Phi) is 5.22. The van der Waals surface area contributed by atoms with Gasteiger partial charge in [0.2, 0.25) is 0 Å².